The number of rotatable bonds is 11. The summed E-state index contributed by atoms with van der Waals surface area (Å²) in [6, 6.07) is 18.7. The first-order valence-electron chi connectivity index (χ1n) is 10.7. The molecule has 1 aliphatic heterocycles. The molecule has 0 bridgehead atoms. The van der Waals surface area contributed by atoms with Crippen molar-refractivity contribution in [3.05, 3.63) is 84.4 Å². The van der Waals surface area contributed by atoms with Crippen LogP contribution >= 0.6 is 0 Å². The maximum atomic E-state index is 11.9. The van der Waals surface area contributed by atoms with Gasteiger partial charge in [0.2, 0.25) is 5.91 Å². The van der Waals surface area contributed by atoms with Gasteiger partial charge in [0.1, 0.15) is 24.4 Å². The van der Waals surface area contributed by atoms with Crippen molar-refractivity contribution in [1.82, 2.24) is 5.32 Å². The minimum absolute atomic E-state index is 0.141. The molecule has 172 valence electrons. The van der Waals surface area contributed by atoms with E-state index in [2.05, 4.69) is 11.9 Å². The summed E-state index contributed by atoms with van der Waals surface area (Å²) in [5, 5.41) is 13.9. The van der Waals surface area contributed by atoms with Crippen molar-refractivity contribution < 1.29 is 28.8 Å². The Balaban J connectivity index is 1.72. The van der Waals surface area contributed by atoms with Gasteiger partial charge in [0.05, 0.1) is 26.4 Å². The largest absolute Gasteiger partial charge is 0.388 e. The molecule has 7 heteroatoms. The molecule has 5 atom stereocenters. The lowest BCUT2D eigenvalue weighted by molar-refractivity contribution is -0.278. The fraction of sp³-hybridized carbons (Fsp3) is 0.400. The number of carbonyl (C=O) groups excluding carboxylic acids is 1. The van der Waals surface area contributed by atoms with Crippen molar-refractivity contribution in [2.45, 2.75) is 50.8 Å². The molecule has 2 aromatic carbocycles. The van der Waals surface area contributed by atoms with Crippen molar-refractivity contribution in [1.29, 1.82) is 0 Å². The van der Waals surface area contributed by atoms with E-state index in [1.54, 1.807) is 6.08 Å². The van der Waals surface area contributed by atoms with Gasteiger partial charge < -0.3 is 29.4 Å². The van der Waals surface area contributed by atoms with E-state index >= 15 is 0 Å². The summed E-state index contributed by atoms with van der Waals surface area (Å²) in [5.41, 5.74) is 1.97. The van der Waals surface area contributed by atoms with E-state index in [1.807, 2.05) is 60.7 Å². The molecule has 1 saturated heterocycles. The van der Waals surface area contributed by atoms with Crippen LogP contribution in [0.3, 0.4) is 0 Å². The summed E-state index contributed by atoms with van der Waals surface area (Å²) < 4.78 is 23.7. The molecule has 7 nitrogen and oxygen atoms in total. The quantitative estimate of drug-likeness (QED) is 0.522. The molecular formula is C25H31NO6. The van der Waals surface area contributed by atoms with E-state index in [1.165, 1.54) is 6.92 Å². The maximum Gasteiger partial charge on any atom is 0.217 e. The fourth-order valence-corrected chi connectivity index (χ4v) is 3.58. The average molecular weight is 442 g/mol. The van der Waals surface area contributed by atoms with Gasteiger partial charge in [-0.05, 0) is 11.1 Å². The summed E-state index contributed by atoms with van der Waals surface area (Å²) in [5.74, 6) is -0.273. The Morgan fingerprint density at radius 3 is 2.28 bits per heavy atom. The highest BCUT2D eigenvalue weighted by atomic mass is 16.7. The van der Waals surface area contributed by atoms with Crippen molar-refractivity contribution in [3.63, 3.8) is 0 Å². The minimum Gasteiger partial charge on any atom is -0.388 e. The van der Waals surface area contributed by atoms with E-state index in [-0.39, 0.29) is 25.7 Å². The van der Waals surface area contributed by atoms with Crippen LogP contribution in [-0.4, -0.2) is 54.9 Å². The lowest BCUT2D eigenvalue weighted by Crippen LogP contribution is -2.65. The zero-order chi connectivity index (χ0) is 22.8. The predicted octanol–water partition coefficient (Wildman–Crippen LogP) is 2.58. The van der Waals surface area contributed by atoms with Crippen LogP contribution < -0.4 is 5.32 Å². The molecule has 32 heavy (non-hydrogen) atoms. The van der Waals surface area contributed by atoms with Gasteiger partial charge in [-0.2, -0.15) is 0 Å². The summed E-state index contributed by atoms with van der Waals surface area (Å²) >= 11 is 0. The van der Waals surface area contributed by atoms with Gasteiger partial charge in [-0.1, -0.05) is 66.7 Å². The van der Waals surface area contributed by atoms with Gasteiger partial charge in [0.25, 0.3) is 0 Å². The van der Waals surface area contributed by atoms with Crippen molar-refractivity contribution in [3.8, 4) is 0 Å². The smallest absolute Gasteiger partial charge is 0.217 e. The third kappa shape index (κ3) is 6.98. The van der Waals surface area contributed by atoms with Crippen LogP contribution in [0.1, 0.15) is 18.1 Å². The second kappa shape index (κ2) is 12.5. The number of aliphatic hydroxyl groups excluding tert-OH is 1. The van der Waals surface area contributed by atoms with Gasteiger partial charge in [-0.3, -0.25) is 4.79 Å². The van der Waals surface area contributed by atoms with E-state index in [0.29, 0.717) is 6.61 Å². The number of hydrogen-bond donors (Lipinski definition) is 2. The molecule has 0 radical (unpaired) electrons. The first-order valence-corrected chi connectivity index (χ1v) is 10.7. The van der Waals surface area contributed by atoms with E-state index in [4.69, 9.17) is 18.9 Å². The van der Waals surface area contributed by atoms with Gasteiger partial charge in [-0.15, -0.1) is 6.58 Å². The molecule has 2 aromatic rings. The number of ether oxygens (including phenoxy) is 4. The van der Waals surface area contributed by atoms with Crippen LogP contribution in [-0.2, 0) is 37.0 Å². The third-order valence-electron chi connectivity index (χ3n) is 5.10. The van der Waals surface area contributed by atoms with Crippen LogP contribution in [0.4, 0.5) is 0 Å². The number of hydrogen-bond acceptors (Lipinski definition) is 6. The molecule has 1 aliphatic rings. The molecule has 0 aromatic heterocycles. The second-order valence-corrected chi connectivity index (χ2v) is 7.64. The van der Waals surface area contributed by atoms with Crippen molar-refractivity contribution in [2.24, 2.45) is 0 Å². The highest BCUT2D eigenvalue weighted by Crippen LogP contribution is 2.26. The molecule has 0 saturated carbocycles. The van der Waals surface area contributed by atoms with E-state index < -0.39 is 30.6 Å². The molecule has 1 amide bonds. The summed E-state index contributed by atoms with van der Waals surface area (Å²) in [7, 11) is 0. The summed E-state index contributed by atoms with van der Waals surface area (Å²) in [6.45, 7) is 6.09. The topological polar surface area (TPSA) is 86.2 Å². The number of aliphatic hydroxyl groups is 1. The fourth-order valence-electron chi connectivity index (χ4n) is 3.58. The monoisotopic (exact) mass is 441 g/mol. The number of amides is 1. The summed E-state index contributed by atoms with van der Waals surface area (Å²) in [6.07, 6.45) is -1.71. The summed E-state index contributed by atoms with van der Waals surface area (Å²) in [4.78, 5) is 11.9. The highest BCUT2D eigenvalue weighted by molar-refractivity contribution is 5.73. The van der Waals surface area contributed by atoms with Crippen LogP contribution in [0.5, 0.6) is 0 Å². The molecular weight excluding hydrogens is 410 g/mol. The van der Waals surface area contributed by atoms with Crippen molar-refractivity contribution >= 4 is 5.91 Å². The lowest BCUT2D eigenvalue weighted by Gasteiger charge is -2.44. The molecule has 3 unspecified atom stereocenters. The normalized spacial score (nSPS) is 25.2. The second-order valence-electron chi connectivity index (χ2n) is 7.64. The Labute approximate surface area is 188 Å². The Morgan fingerprint density at radius 1 is 1.06 bits per heavy atom. The lowest BCUT2D eigenvalue weighted by atomic mass is 9.96. The standard InChI is InChI=1S/C25H31NO6/c1-3-14-30-25-22(26-18(2)27)24(31-16-20-12-8-5-9-13-20)23(28)21(32-25)17-29-15-19-10-6-4-7-11-19/h3-13,21-25,28H,1,14-17H2,2H3,(H,26,27)/t21?,22?,23-,24?,25-/m1/s1. The number of carbonyl (C=O) groups is 1. The minimum atomic E-state index is -1.03. The first-order chi connectivity index (χ1) is 15.6. The highest BCUT2D eigenvalue weighted by Gasteiger charge is 2.47. The number of nitrogens with one attached hydrogen (secondary N) is 1. The molecule has 0 aliphatic carbocycles. The Kier molecular flexibility index (Phi) is 9.40. The van der Waals surface area contributed by atoms with Crippen molar-refractivity contribution in [2.75, 3.05) is 13.2 Å². The Morgan fingerprint density at radius 2 is 1.69 bits per heavy atom. The van der Waals surface area contributed by atoms with Crippen LogP contribution in [0.25, 0.3) is 0 Å². The third-order valence-corrected chi connectivity index (χ3v) is 5.10. The van der Waals surface area contributed by atoms with E-state index in [9.17, 15) is 9.90 Å². The molecule has 1 heterocycles. The van der Waals surface area contributed by atoms with Gasteiger partial charge in [0.15, 0.2) is 6.29 Å². The average Bonchev–Trinajstić information content (AvgIpc) is 2.80. The predicted molar refractivity (Wildman–Crippen MR) is 120 cm³/mol. The molecule has 1 fully saturated rings. The van der Waals surface area contributed by atoms with Gasteiger partial charge >= 0.3 is 0 Å². The molecule has 3 rings (SSSR count). The molecule has 0 spiro atoms. The number of benzene rings is 2. The first kappa shape index (κ1) is 24.1. The Hall–Kier alpha value is -2.55. The SMILES string of the molecule is C=CCO[C@@H]1OC(COCc2ccccc2)[C@@H](O)C(OCc2ccccc2)C1NC(C)=O. The van der Waals surface area contributed by atoms with Gasteiger partial charge in [-0.25, -0.2) is 0 Å². The van der Waals surface area contributed by atoms with Crippen LogP contribution in [0.2, 0.25) is 0 Å². The van der Waals surface area contributed by atoms with Crippen LogP contribution in [0.15, 0.2) is 73.3 Å². The van der Waals surface area contributed by atoms with Gasteiger partial charge in [0, 0.05) is 6.92 Å². The van der Waals surface area contributed by atoms with Crippen LogP contribution in [0, 0.1) is 0 Å². The maximum absolute atomic E-state index is 11.9. The molecule has 2 N–H and O–H groups in total. The Bertz CT molecular complexity index is 831. The zero-order valence-electron chi connectivity index (χ0n) is 18.3. The van der Waals surface area contributed by atoms with E-state index in [0.717, 1.165) is 11.1 Å². The zero-order valence-corrected chi connectivity index (χ0v) is 18.3.